The maximum absolute atomic E-state index is 9.49. The van der Waals surface area contributed by atoms with Crippen molar-refractivity contribution in [2.75, 3.05) is 6.61 Å². The molecule has 0 aromatic carbocycles. The highest BCUT2D eigenvalue weighted by molar-refractivity contribution is 8.06. The van der Waals surface area contributed by atoms with Crippen molar-refractivity contribution in [3.63, 3.8) is 0 Å². The van der Waals surface area contributed by atoms with Crippen LogP contribution in [0, 0.1) is 0 Å². The first-order chi connectivity index (χ1) is 7.22. The van der Waals surface area contributed by atoms with E-state index in [-0.39, 0.29) is 0 Å². The summed E-state index contributed by atoms with van der Waals surface area (Å²) >= 11 is 4.19. The first kappa shape index (κ1) is 14.4. The summed E-state index contributed by atoms with van der Waals surface area (Å²) in [6.07, 6.45) is -5.40. The highest BCUT2D eigenvalue weighted by atomic mass is 32.5. The molecule has 10 heteroatoms. The Morgan fingerprint density at radius 2 is 1.81 bits per heavy atom. The number of hydrogen-bond acceptors (Lipinski definition) is 7. The average molecular weight is 275 g/mol. The Bertz CT molecular complexity index is 286. The molecule has 7 N–H and O–H groups in total. The predicted octanol–water partition coefficient (Wildman–Crippen LogP) is -3.02. The van der Waals surface area contributed by atoms with Crippen molar-refractivity contribution in [1.82, 2.24) is 0 Å². The van der Waals surface area contributed by atoms with E-state index in [0.29, 0.717) is 0 Å². The van der Waals surface area contributed by atoms with Gasteiger partial charge in [0, 0.05) is 0 Å². The highest BCUT2D eigenvalue weighted by Gasteiger charge is 2.42. The van der Waals surface area contributed by atoms with Crippen molar-refractivity contribution in [2.24, 2.45) is 5.73 Å². The van der Waals surface area contributed by atoms with Gasteiger partial charge in [0.2, 0.25) is 0 Å². The molecule has 0 bridgehead atoms. The molecule has 8 nitrogen and oxygen atoms in total. The number of aliphatic hydroxyl groups excluding tert-OH is 3. The summed E-state index contributed by atoms with van der Waals surface area (Å²) in [5, 5.41) is 28.1. The smallest absolute Gasteiger partial charge is 0.321 e. The summed E-state index contributed by atoms with van der Waals surface area (Å²) in [5.41, 5.74) is 5.32. The van der Waals surface area contributed by atoms with Gasteiger partial charge in [0.15, 0.2) is 6.29 Å². The molecule has 0 amide bonds. The molecular formula is C6H14NO7PS. The van der Waals surface area contributed by atoms with Gasteiger partial charge in [0.05, 0.1) is 12.6 Å². The highest BCUT2D eigenvalue weighted by Crippen LogP contribution is 2.37. The minimum Gasteiger partial charge on any atom is -0.388 e. The second-order valence-corrected chi connectivity index (χ2v) is 6.08. The molecule has 16 heavy (non-hydrogen) atoms. The fourth-order valence-corrected chi connectivity index (χ4v) is 1.80. The van der Waals surface area contributed by atoms with E-state index in [2.05, 4.69) is 16.3 Å². The third-order valence-electron chi connectivity index (χ3n) is 2.18. The Labute approximate surface area is 96.5 Å². The van der Waals surface area contributed by atoms with Crippen LogP contribution in [-0.2, 0) is 21.1 Å². The predicted molar refractivity (Wildman–Crippen MR) is 55.5 cm³/mol. The van der Waals surface area contributed by atoms with Crippen molar-refractivity contribution in [1.29, 1.82) is 0 Å². The van der Waals surface area contributed by atoms with Crippen LogP contribution in [0.2, 0.25) is 0 Å². The normalized spacial score (nSPS) is 41.0. The Kier molecular flexibility index (Phi) is 4.78. The number of rotatable bonds is 3. The summed E-state index contributed by atoms with van der Waals surface area (Å²) in [5.74, 6) is 0. The lowest BCUT2D eigenvalue weighted by Gasteiger charge is -2.38. The van der Waals surface area contributed by atoms with Crippen LogP contribution in [0.3, 0.4) is 0 Å². The van der Waals surface area contributed by atoms with Gasteiger partial charge in [0.25, 0.3) is 0 Å². The molecule has 96 valence electrons. The van der Waals surface area contributed by atoms with E-state index >= 15 is 0 Å². The molecule has 0 saturated carbocycles. The van der Waals surface area contributed by atoms with Crippen LogP contribution in [-0.4, -0.2) is 62.4 Å². The lowest BCUT2D eigenvalue weighted by atomic mass is 9.98. The molecule has 0 aliphatic carbocycles. The fourth-order valence-electron chi connectivity index (χ4n) is 1.28. The van der Waals surface area contributed by atoms with E-state index in [4.69, 9.17) is 20.3 Å². The molecule has 1 heterocycles. The quantitative estimate of drug-likeness (QED) is 0.296. The van der Waals surface area contributed by atoms with Crippen LogP contribution in [0.25, 0.3) is 0 Å². The topological polar surface area (TPSA) is 146 Å². The summed E-state index contributed by atoms with van der Waals surface area (Å²) in [6.45, 7) is -4.33. The molecule has 1 unspecified atom stereocenters. The molecule has 1 rings (SSSR count). The lowest BCUT2D eigenvalue weighted by molar-refractivity contribution is -0.247. The average Bonchev–Trinajstić information content (AvgIpc) is 2.17. The van der Waals surface area contributed by atoms with Crippen LogP contribution < -0.4 is 5.73 Å². The first-order valence-electron chi connectivity index (χ1n) is 4.37. The molecule has 0 aromatic rings. The van der Waals surface area contributed by atoms with E-state index < -0.39 is 44.0 Å². The summed E-state index contributed by atoms with van der Waals surface area (Å²) in [7, 11) is 0. The van der Waals surface area contributed by atoms with Crippen LogP contribution in [0.4, 0.5) is 0 Å². The van der Waals surface area contributed by atoms with Crippen LogP contribution in [0.15, 0.2) is 0 Å². The second kappa shape index (κ2) is 5.32. The molecule has 0 spiro atoms. The van der Waals surface area contributed by atoms with Crippen molar-refractivity contribution >= 4 is 18.5 Å². The second-order valence-electron chi connectivity index (χ2n) is 3.41. The van der Waals surface area contributed by atoms with Crippen LogP contribution in [0.5, 0.6) is 0 Å². The third kappa shape index (κ3) is 3.67. The standard InChI is InChI=1S/C6H14NO7PS/c7-3-5(9)4(8)2(14-6(3)10)1-13-15(11,12)16/h2-6,8-10H,1,7H2,(H2,11,12,16)/t2-,3-,4-,5-,6?/m1/s1. The molecule has 1 fully saturated rings. The lowest BCUT2D eigenvalue weighted by Crippen LogP contribution is -2.61. The molecule has 0 radical (unpaired) electrons. The van der Waals surface area contributed by atoms with Crippen molar-refractivity contribution in [3.8, 4) is 0 Å². The molecule has 1 aliphatic heterocycles. The van der Waals surface area contributed by atoms with Gasteiger partial charge in [-0.2, -0.15) is 0 Å². The van der Waals surface area contributed by atoms with Gasteiger partial charge in [-0.1, -0.05) is 0 Å². The van der Waals surface area contributed by atoms with E-state index in [1.165, 1.54) is 0 Å². The van der Waals surface area contributed by atoms with E-state index in [1.807, 2.05) is 0 Å². The fraction of sp³-hybridized carbons (Fsp3) is 1.00. The van der Waals surface area contributed by atoms with Crippen molar-refractivity contribution < 1.29 is 34.4 Å². The molecule has 5 atom stereocenters. The zero-order valence-electron chi connectivity index (χ0n) is 8.08. The van der Waals surface area contributed by atoms with Crippen LogP contribution >= 0.6 is 6.72 Å². The Balaban J connectivity index is 2.57. The summed E-state index contributed by atoms with van der Waals surface area (Å²) < 4.78 is 9.28. The van der Waals surface area contributed by atoms with E-state index in [1.54, 1.807) is 0 Å². The maximum atomic E-state index is 9.49. The number of aliphatic hydroxyl groups is 3. The zero-order chi connectivity index (χ0) is 12.5. The van der Waals surface area contributed by atoms with Gasteiger partial charge in [0.1, 0.15) is 18.3 Å². The maximum Gasteiger partial charge on any atom is 0.321 e. The van der Waals surface area contributed by atoms with Gasteiger partial charge in [-0.3, -0.25) is 0 Å². The van der Waals surface area contributed by atoms with Crippen LogP contribution in [0.1, 0.15) is 0 Å². The Hall–Kier alpha value is 0.330. The molecule has 1 aliphatic rings. The molecular weight excluding hydrogens is 261 g/mol. The minimum absolute atomic E-state index is 0.466. The van der Waals surface area contributed by atoms with Gasteiger partial charge in [-0.05, 0) is 11.8 Å². The number of hydrogen-bond donors (Lipinski definition) is 6. The van der Waals surface area contributed by atoms with Gasteiger partial charge < -0.3 is 40.1 Å². The van der Waals surface area contributed by atoms with E-state index in [0.717, 1.165) is 0 Å². The minimum atomic E-state index is -3.87. The van der Waals surface area contributed by atoms with Gasteiger partial charge >= 0.3 is 6.72 Å². The SMILES string of the molecule is N[C@H]1C(O)O[C@H](COP(O)(O)=S)[C@@H](O)[C@@H]1O. The van der Waals surface area contributed by atoms with E-state index in [9.17, 15) is 15.3 Å². The largest absolute Gasteiger partial charge is 0.388 e. The molecule has 1 saturated heterocycles. The van der Waals surface area contributed by atoms with Crippen molar-refractivity contribution in [2.45, 2.75) is 30.6 Å². The van der Waals surface area contributed by atoms with Gasteiger partial charge in [-0.25, -0.2) is 0 Å². The Morgan fingerprint density at radius 1 is 1.25 bits per heavy atom. The number of ether oxygens (including phenoxy) is 1. The third-order valence-corrected chi connectivity index (χ3v) is 2.98. The first-order valence-corrected chi connectivity index (χ1v) is 7.00. The van der Waals surface area contributed by atoms with Crippen molar-refractivity contribution in [3.05, 3.63) is 0 Å². The summed E-state index contributed by atoms with van der Waals surface area (Å²) in [6, 6.07) is -1.14. The molecule has 0 aromatic heterocycles. The summed E-state index contributed by atoms with van der Waals surface area (Å²) in [4.78, 5) is 17.6. The number of nitrogens with two attached hydrogens (primary N) is 1. The Morgan fingerprint density at radius 3 is 2.31 bits per heavy atom. The van der Waals surface area contributed by atoms with Gasteiger partial charge in [-0.15, -0.1) is 0 Å². The monoisotopic (exact) mass is 275 g/mol. The zero-order valence-corrected chi connectivity index (χ0v) is 9.79.